The summed E-state index contributed by atoms with van der Waals surface area (Å²) in [6, 6.07) is 12.3. The Labute approximate surface area is 121 Å². The molecule has 0 aromatic heterocycles. The summed E-state index contributed by atoms with van der Waals surface area (Å²) in [7, 11) is 0. The third-order valence-corrected chi connectivity index (χ3v) is 3.96. The van der Waals surface area contributed by atoms with E-state index in [2.05, 4.69) is 64.1 Å². The maximum Gasteiger partial charge on any atom is 0.0493 e. The average molecular weight is 268 g/mol. The molecule has 0 radical (unpaired) electrons. The molecule has 0 aliphatic carbocycles. The lowest BCUT2D eigenvalue weighted by Crippen LogP contribution is -2.27. The van der Waals surface area contributed by atoms with Gasteiger partial charge in [-0.25, -0.2) is 0 Å². The van der Waals surface area contributed by atoms with Crippen LogP contribution in [0.5, 0.6) is 0 Å². The van der Waals surface area contributed by atoms with Gasteiger partial charge >= 0.3 is 0 Å². The molecule has 2 rings (SSSR count). The SMILES string of the molecule is Cc1ccc(C(N)C(N)c2ccc(C)cc2C)c(C)c1. The van der Waals surface area contributed by atoms with Gasteiger partial charge in [0.2, 0.25) is 0 Å². The second-order valence-corrected chi connectivity index (χ2v) is 5.77. The predicted molar refractivity (Wildman–Crippen MR) is 85.7 cm³/mol. The zero-order valence-electron chi connectivity index (χ0n) is 12.8. The molecule has 4 N–H and O–H groups in total. The van der Waals surface area contributed by atoms with Crippen LogP contribution >= 0.6 is 0 Å². The highest BCUT2D eigenvalue weighted by Crippen LogP contribution is 2.29. The molecule has 0 aliphatic heterocycles. The summed E-state index contributed by atoms with van der Waals surface area (Å²) < 4.78 is 0. The smallest absolute Gasteiger partial charge is 0.0493 e. The molecular formula is C18H24N2. The first-order chi connectivity index (χ1) is 9.40. The van der Waals surface area contributed by atoms with Gasteiger partial charge in [0.25, 0.3) is 0 Å². The van der Waals surface area contributed by atoms with E-state index < -0.39 is 0 Å². The number of aryl methyl sites for hydroxylation is 4. The monoisotopic (exact) mass is 268 g/mol. The molecule has 0 spiro atoms. The van der Waals surface area contributed by atoms with Crippen LogP contribution in [0.1, 0.15) is 45.5 Å². The van der Waals surface area contributed by atoms with E-state index in [4.69, 9.17) is 11.5 Å². The van der Waals surface area contributed by atoms with E-state index in [1.165, 1.54) is 22.3 Å². The van der Waals surface area contributed by atoms with E-state index in [0.29, 0.717) is 0 Å². The third kappa shape index (κ3) is 2.92. The molecule has 2 nitrogen and oxygen atoms in total. The summed E-state index contributed by atoms with van der Waals surface area (Å²) in [5.74, 6) is 0. The second-order valence-electron chi connectivity index (χ2n) is 5.77. The fourth-order valence-electron chi connectivity index (χ4n) is 2.79. The highest BCUT2D eigenvalue weighted by atomic mass is 14.8. The van der Waals surface area contributed by atoms with Crippen LogP contribution in [0.2, 0.25) is 0 Å². The third-order valence-electron chi connectivity index (χ3n) is 3.96. The zero-order chi connectivity index (χ0) is 14.9. The Morgan fingerprint density at radius 2 is 1.00 bits per heavy atom. The highest BCUT2D eigenvalue weighted by molar-refractivity contribution is 5.38. The number of hydrogen-bond acceptors (Lipinski definition) is 2. The number of benzene rings is 2. The minimum atomic E-state index is -0.183. The van der Waals surface area contributed by atoms with Gasteiger partial charge in [0.1, 0.15) is 0 Å². The van der Waals surface area contributed by atoms with Gasteiger partial charge in [-0.1, -0.05) is 47.5 Å². The maximum atomic E-state index is 6.40. The van der Waals surface area contributed by atoms with Crippen molar-refractivity contribution in [1.82, 2.24) is 0 Å². The molecule has 0 heterocycles. The molecule has 106 valence electrons. The fraction of sp³-hybridized carbons (Fsp3) is 0.333. The molecule has 0 amide bonds. The minimum absolute atomic E-state index is 0.183. The number of hydrogen-bond donors (Lipinski definition) is 2. The van der Waals surface area contributed by atoms with Crippen LogP contribution < -0.4 is 11.5 Å². The van der Waals surface area contributed by atoms with Crippen molar-refractivity contribution in [2.24, 2.45) is 11.5 Å². The van der Waals surface area contributed by atoms with Crippen molar-refractivity contribution in [1.29, 1.82) is 0 Å². The first kappa shape index (κ1) is 14.8. The Bertz CT molecular complexity index is 561. The Kier molecular flexibility index (Phi) is 4.26. The van der Waals surface area contributed by atoms with E-state index >= 15 is 0 Å². The van der Waals surface area contributed by atoms with Gasteiger partial charge < -0.3 is 11.5 Å². The molecule has 2 heteroatoms. The Hall–Kier alpha value is -1.64. The first-order valence-corrected chi connectivity index (χ1v) is 7.05. The molecule has 2 aromatic carbocycles. The lowest BCUT2D eigenvalue weighted by molar-refractivity contribution is 0.569. The summed E-state index contributed by atoms with van der Waals surface area (Å²) >= 11 is 0. The molecular weight excluding hydrogens is 244 g/mol. The Morgan fingerprint density at radius 3 is 1.30 bits per heavy atom. The largest absolute Gasteiger partial charge is 0.322 e. The van der Waals surface area contributed by atoms with Crippen molar-refractivity contribution in [3.63, 3.8) is 0 Å². The molecule has 0 bridgehead atoms. The number of nitrogens with two attached hydrogens (primary N) is 2. The van der Waals surface area contributed by atoms with Gasteiger partial charge in [0.15, 0.2) is 0 Å². The van der Waals surface area contributed by atoms with Crippen LogP contribution in [0.25, 0.3) is 0 Å². The van der Waals surface area contributed by atoms with Crippen molar-refractivity contribution < 1.29 is 0 Å². The fourth-order valence-corrected chi connectivity index (χ4v) is 2.79. The van der Waals surface area contributed by atoms with Gasteiger partial charge in [0.05, 0.1) is 0 Å². The van der Waals surface area contributed by atoms with Crippen molar-refractivity contribution >= 4 is 0 Å². The van der Waals surface area contributed by atoms with Gasteiger partial charge in [-0.2, -0.15) is 0 Å². The second kappa shape index (κ2) is 5.78. The van der Waals surface area contributed by atoms with Crippen LogP contribution in [0.3, 0.4) is 0 Å². The van der Waals surface area contributed by atoms with Crippen LogP contribution in [0.15, 0.2) is 36.4 Å². The number of rotatable bonds is 3. The lowest BCUT2D eigenvalue weighted by Gasteiger charge is -2.24. The van der Waals surface area contributed by atoms with E-state index in [-0.39, 0.29) is 12.1 Å². The van der Waals surface area contributed by atoms with E-state index in [9.17, 15) is 0 Å². The van der Waals surface area contributed by atoms with Gasteiger partial charge in [-0.15, -0.1) is 0 Å². The standard InChI is InChI=1S/C18H24N2/c1-11-5-7-15(13(3)9-11)17(19)18(20)16-8-6-12(2)10-14(16)4/h5-10,17-18H,19-20H2,1-4H3. The molecule has 2 aromatic rings. The molecule has 2 atom stereocenters. The minimum Gasteiger partial charge on any atom is -0.322 e. The van der Waals surface area contributed by atoms with E-state index in [0.717, 1.165) is 11.1 Å². The topological polar surface area (TPSA) is 52.0 Å². The van der Waals surface area contributed by atoms with Crippen LogP contribution in [0.4, 0.5) is 0 Å². The van der Waals surface area contributed by atoms with Crippen LogP contribution in [-0.2, 0) is 0 Å². The first-order valence-electron chi connectivity index (χ1n) is 7.05. The van der Waals surface area contributed by atoms with Crippen LogP contribution in [0, 0.1) is 27.7 Å². The van der Waals surface area contributed by atoms with Gasteiger partial charge in [0, 0.05) is 12.1 Å². The Balaban J connectivity index is 2.34. The summed E-state index contributed by atoms with van der Waals surface area (Å²) in [4.78, 5) is 0. The summed E-state index contributed by atoms with van der Waals surface area (Å²) in [5.41, 5.74) is 20.0. The van der Waals surface area contributed by atoms with E-state index in [1.807, 2.05) is 0 Å². The molecule has 0 saturated heterocycles. The zero-order valence-corrected chi connectivity index (χ0v) is 12.8. The lowest BCUT2D eigenvalue weighted by atomic mass is 9.89. The normalized spacial score (nSPS) is 14.1. The molecule has 2 unspecified atom stereocenters. The maximum absolute atomic E-state index is 6.40. The quantitative estimate of drug-likeness (QED) is 0.893. The van der Waals surface area contributed by atoms with Gasteiger partial charge in [-0.05, 0) is 49.9 Å². The van der Waals surface area contributed by atoms with E-state index in [1.54, 1.807) is 0 Å². The van der Waals surface area contributed by atoms with Crippen molar-refractivity contribution in [2.45, 2.75) is 39.8 Å². The van der Waals surface area contributed by atoms with Crippen molar-refractivity contribution in [3.05, 3.63) is 69.8 Å². The highest BCUT2D eigenvalue weighted by Gasteiger charge is 2.20. The average Bonchev–Trinajstić information content (AvgIpc) is 2.37. The summed E-state index contributed by atoms with van der Waals surface area (Å²) in [5, 5.41) is 0. The summed E-state index contributed by atoms with van der Waals surface area (Å²) in [6.45, 7) is 8.37. The molecule has 0 fully saturated rings. The molecule has 0 aliphatic rings. The van der Waals surface area contributed by atoms with Gasteiger partial charge in [-0.3, -0.25) is 0 Å². The van der Waals surface area contributed by atoms with Crippen molar-refractivity contribution in [2.75, 3.05) is 0 Å². The molecule has 0 saturated carbocycles. The Morgan fingerprint density at radius 1 is 0.650 bits per heavy atom. The predicted octanol–water partition coefficient (Wildman–Crippen LogP) is 3.62. The van der Waals surface area contributed by atoms with Crippen molar-refractivity contribution in [3.8, 4) is 0 Å². The van der Waals surface area contributed by atoms with Crippen LogP contribution in [-0.4, -0.2) is 0 Å². The molecule has 20 heavy (non-hydrogen) atoms. The summed E-state index contributed by atoms with van der Waals surface area (Å²) in [6.07, 6.45) is 0.